The molecule has 1 aliphatic heterocycles. The van der Waals surface area contributed by atoms with Gasteiger partial charge < -0.3 is 19.3 Å². The van der Waals surface area contributed by atoms with Crippen LogP contribution in [0.15, 0.2) is 84.4 Å². The topological polar surface area (TPSA) is 85.3 Å². The first-order valence-corrected chi connectivity index (χ1v) is 11.7. The predicted octanol–water partition coefficient (Wildman–Crippen LogP) is 5.63. The average Bonchev–Trinajstić information content (AvgIpc) is 3.21. The van der Waals surface area contributed by atoms with Crippen molar-refractivity contribution in [1.29, 1.82) is 0 Å². The number of halogens is 1. The Balaban J connectivity index is 1.82. The van der Waals surface area contributed by atoms with E-state index in [0.29, 0.717) is 33.8 Å². The molecule has 0 saturated carbocycles. The number of aliphatic hydroxyl groups is 1. The Morgan fingerprint density at radius 2 is 1.47 bits per heavy atom. The monoisotopic (exact) mass is 513 g/mol. The summed E-state index contributed by atoms with van der Waals surface area (Å²) in [6.45, 7) is 0. The summed E-state index contributed by atoms with van der Waals surface area (Å²) in [5.74, 6) is -1.63. The lowest BCUT2D eigenvalue weighted by Gasteiger charge is -2.26. The van der Waals surface area contributed by atoms with Gasteiger partial charge in [-0.1, -0.05) is 42.5 Å². The fourth-order valence-electron chi connectivity index (χ4n) is 4.85. The molecule has 5 rings (SSSR count). The SMILES string of the molecule is COc1cc(C2/C(=C(\O)c3cccc4ccccc34)C(=O)C(=O)N2c2ccc(F)cc2)cc(OC)c1OC. The Morgan fingerprint density at radius 3 is 2.11 bits per heavy atom. The first kappa shape index (κ1) is 24.8. The highest BCUT2D eigenvalue weighted by Crippen LogP contribution is 2.47. The largest absolute Gasteiger partial charge is 0.507 e. The number of methoxy groups -OCH3 is 3. The molecule has 0 spiro atoms. The number of aliphatic hydroxyl groups excluding tert-OH is 1. The first-order chi connectivity index (χ1) is 18.4. The van der Waals surface area contributed by atoms with Gasteiger partial charge in [-0.15, -0.1) is 0 Å². The van der Waals surface area contributed by atoms with Gasteiger partial charge in [0.15, 0.2) is 11.5 Å². The number of rotatable bonds is 6. The Labute approximate surface area is 218 Å². The molecule has 1 unspecified atom stereocenters. The Bertz CT molecular complexity index is 1560. The van der Waals surface area contributed by atoms with E-state index in [1.807, 2.05) is 30.3 Å². The number of amides is 1. The molecule has 1 amide bonds. The number of hydrogen-bond acceptors (Lipinski definition) is 6. The number of Topliss-reactive ketones (excluding diaryl/α,β-unsaturated/α-hetero) is 1. The summed E-state index contributed by atoms with van der Waals surface area (Å²) in [4.78, 5) is 28.3. The average molecular weight is 514 g/mol. The van der Waals surface area contributed by atoms with E-state index in [1.165, 1.54) is 50.5 Å². The van der Waals surface area contributed by atoms with Crippen LogP contribution in [-0.2, 0) is 9.59 Å². The second kappa shape index (κ2) is 9.89. The van der Waals surface area contributed by atoms with Gasteiger partial charge in [-0.25, -0.2) is 4.39 Å². The van der Waals surface area contributed by atoms with E-state index >= 15 is 0 Å². The third-order valence-electron chi connectivity index (χ3n) is 6.60. The van der Waals surface area contributed by atoms with Crippen molar-refractivity contribution in [3.63, 3.8) is 0 Å². The van der Waals surface area contributed by atoms with Crippen LogP contribution in [0.5, 0.6) is 17.2 Å². The molecule has 1 N–H and O–H groups in total. The first-order valence-electron chi connectivity index (χ1n) is 11.7. The molecule has 4 aromatic carbocycles. The third-order valence-corrected chi connectivity index (χ3v) is 6.60. The zero-order chi connectivity index (χ0) is 27.0. The molecule has 0 bridgehead atoms. The summed E-state index contributed by atoms with van der Waals surface area (Å²) in [5.41, 5.74) is 0.983. The van der Waals surface area contributed by atoms with Crippen molar-refractivity contribution in [1.82, 2.24) is 0 Å². The molecule has 38 heavy (non-hydrogen) atoms. The molecule has 0 aromatic heterocycles. The maximum atomic E-state index is 13.8. The van der Waals surface area contributed by atoms with Gasteiger partial charge >= 0.3 is 0 Å². The van der Waals surface area contributed by atoms with Gasteiger partial charge in [0.25, 0.3) is 11.7 Å². The van der Waals surface area contributed by atoms with Crippen molar-refractivity contribution in [3.05, 3.63) is 101 Å². The molecule has 1 atom stereocenters. The fourth-order valence-corrected chi connectivity index (χ4v) is 4.85. The van der Waals surface area contributed by atoms with Crippen molar-refractivity contribution < 1.29 is 33.3 Å². The van der Waals surface area contributed by atoms with Gasteiger partial charge in [0.1, 0.15) is 11.6 Å². The van der Waals surface area contributed by atoms with Crippen LogP contribution in [0.4, 0.5) is 10.1 Å². The van der Waals surface area contributed by atoms with E-state index < -0.39 is 23.5 Å². The van der Waals surface area contributed by atoms with Crippen LogP contribution in [-0.4, -0.2) is 38.1 Å². The summed E-state index contributed by atoms with van der Waals surface area (Å²) < 4.78 is 30.2. The quantitative estimate of drug-likeness (QED) is 0.204. The minimum atomic E-state index is -1.08. The van der Waals surface area contributed by atoms with Crippen molar-refractivity contribution in [3.8, 4) is 17.2 Å². The summed E-state index contributed by atoms with van der Waals surface area (Å²) >= 11 is 0. The molecule has 0 aliphatic carbocycles. The zero-order valence-corrected chi connectivity index (χ0v) is 20.9. The molecular weight excluding hydrogens is 489 g/mol. The Morgan fingerprint density at radius 1 is 0.842 bits per heavy atom. The summed E-state index contributed by atoms with van der Waals surface area (Å²) in [7, 11) is 4.37. The van der Waals surface area contributed by atoms with E-state index in [2.05, 4.69) is 0 Å². The number of carbonyl (C=O) groups excluding carboxylic acids is 2. The molecule has 4 aromatic rings. The van der Waals surface area contributed by atoms with Gasteiger partial charge in [-0.05, 0) is 52.7 Å². The van der Waals surface area contributed by atoms with Crippen LogP contribution in [0.3, 0.4) is 0 Å². The molecule has 8 heteroatoms. The molecule has 1 heterocycles. The molecular formula is C30H24FNO6. The van der Waals surface area contributed by atoms with Crippen LogP contribution >= 0.6 is 0 Å². The fraction of sp³-hybridized carbons (Fsp3) is 0.133. The highest BCUT2D eigenvalue weighted by Gasteiger charge is 2.47. The standard InChI is InChI=1S/C30H24FNO6/c1-36-23-15-18(16-24(37-2)29(23)38-3)26-25(27(33)22-10-6-8-17-7-4-5-9-21(17)22)28(34)30(35)32(26)20-13-11-19(31)12-14-20/h4-16,26,33H,1-3H3/b27-25+. The molecule has 7 nitrogen and oxygen atoms in total. The van der Waals surface area contributed by atoms with Crippen LogP contribution in [0.25, 0.3) is 16.5 Å². The highest BCUT2D eigenvalue weighted by molar-refractivity contribution is 6.51. The lowest BCUT2D eigenvalue weighted by molar-refractivity contribution is -0.132. The van der Waals surface area contributed by atoms with Crippen molar-refractivity contribution >= 4 is 33.9 Å². The van der Waals surface area contributed by atoms with Crippen LogP contribution in [0, 0.1) is 5.82 Å². The second-order valence-corrected chi connectivity index (χ2v) is 8.63. The van der Waals surface area contributed by atoms with E-state index in [9.17, 15) is 19.1 Å². The van der Waals surface area contributed by atoms with E-state index in [-0.39, 0.29) is 17.0 Å². The molecule has 1 aliphatic rings. The normalized spacial score (nSPS) is 16.6. The zero-order valence-electron chi connectivity index (χ0n) is 20.9. The summed E-state index contributed by atoms with van der Waals surface area (Å²) in [5, 5.41) is 13.2. The van der Waals surface area contributed by atoms with Crippen LogP contribution in [0.2, 0.25) is 0 Å². The maximum Gasteiger partial charge on any atom is 0.300 e. The van der Waals surface area contributed by atoms with Crippen molar-refractivity contribution in [2.45, 2.75) is 6.04 Å². The number of anilines is 1. The molecule has 0 radical (unpaired) electrons. The van der Waals surface area contributed by atoms with E-state index in [4.69, 9.17) is 14.2 Å². The molecule has 1 fully saturated rings. The number of nitrogens with zero attached hydrogens (tertiary/aromatic N) is 1. The lowest BCUT2D eigenvalue weighted by Crippen LogP contribution is -2.29. The lowest BCUT2D eigenvalue weighted by atomic mass is 9.93. The van der Waals surface area contributed by atoms with E-state index in [0.717, 1.165) is 5.39 Å². The smallest absolute Gasteiger partial charge is 0.300 e. The maximum absolute atomic E-state index is 13.8. The van der Waals surface area contributed by atoms with E-state index in [1.54, 1.807) is 24.3 Å². The van der Waals surface area contributed by atoms with Gasteiger partial charge in [-0.2, -0.15) is 0 Å². The Hall–Kier alpha value is -4.85. The number of hydrogen-bond donors (Lipinski definition) is 1. The number of ketones is 1. The van der Waals surface area contributed by atoms with Crippen molar-refractivity contribution in [2.24, 2.45) is 0 Å². The molecule has 1 saturated heterocycles. The van der Waals surface area contributed by atoms with Crippen LogP contribution in [0.1, 0.15) is 17.2 Å². The number of carbonyl (C=O) groups is 2. The number of benzene rings is 4. The predicted molar refractivity (Wildman–Crippen MR) is 141 cm³/mol. The number of ether oxygens (including phenoxy) is 3. The third kappa shape index (κ3) is 4.00. The highest BCUT2D eigenvalue weighted by atomic mass is 19.1. The molecule has 192 valence electrons. The Kier molecular flexibility index (Phi) is 6.46. The summed E-state index contributed by atoms with van der Waals surface area (Å²) in [6, 6.07) is 20.1. The number of fused-ring (bicyclic) bond motifs is 1. The summed E-state index contributed by atoms with van der Waals surface area (Å²) in [6.07, 6.45) is 0. The van der Waals surface area contributed by atoms with Gasteiger partial charge in [0.05, 0.1) is 32.9 Å². The van der Waals surface area contributed by atoms with Crippen LogP contribution < -0.4 is 19.1 Å². The second-order valence-electron chi connectivity index (χ2n) is 8.63. The minimum absolute atomic E-state index is 0.120. The van der Waals surface area contributed by atoms with Gasteiger partial charge in [-0.3, -0.25) is 14.5 Å². The van der Waals surface area contributed by atoms with Gasteiger partial charge in [0.2, 0.25) is 5.75 Å². The minimum Gasteiger partial charge on any atom is -0.507 e. The van der Waals surface area contributed by atoms with Crippen molar-refractivity contribution in [2.75, 3.05) is 26.2 Å². The van der Waals surface area contributed by atoms with Gasteiger partial charge in [0, 0.05) is 11.3 Å².